The molecular formula is C42H43ClN14O2S2. The van der Waals surface area contributed by atoms with Crippen molar-refractivity contribution in [2.45, 2.75) is 37.5 Å². The molecule has 0 saturated carbocycles. The van der Waals surface area contributed by atoms with Crippen LogP contribution >= 0.6 is 34.3 Å². The lowest BCUT2D eigenvalue weighted by Gasteiger charge is -2.33. The van der Waals surface area contributed by atoms with Crippen LogP contribution in [0.5, 0.6) is 0 Å². The first-order valence-corrected chi connectivity index (χ1v) is 21.9. The Morgan fingerprint density at radius 2 is 1.25 bits per heavy atom. The van der Waals surface area contributed by atoms with Crippen molar-refractivity contribution in [3.8, 4) is 0 Å². The van der Waals surface area contributed by atoms with Crippen molar-refractivity contribution in [2.24, 2.45) is 0 Å². The largest absolute Gasteiger partial charge is 0.355 e. The topological polar surface area (TPSA) is 206 Å². The number of carbonyl (C=O) groups excluding carboxylic acids is 2. The van der Waals surface area contributed by atoms with Gasteiger partial charge in [-0.05, 0) is 68.6 Å². The number of carbonyl (C=O) groups is 2. The lowest BCUT2D eigenvalue weighted by molar-refractivity contribution is 0.261. The molecule has 0 spiro atoms. The van der Waals surface area contributed by atoms with E-state index in [4.69, 9.17) is 11.6 Å². The molecule has 6 aromatic heterocycles. The number of fused-ring (bicyclic) bond motifs is 2. The van der Waals surface area contributed by atoms with Gasteiger partial charge in [-0.3, -0.25) is 10.6 Å². The van der Waals surface area contributed by atoms with Gasteiger partial charge in [-0.2, -0.15) is 0 Å². The van der Waals surface area contributed by atoms with Crippen molar-refractivity contribution in [3.63, 3.8) is 0 Å². The summed E-state index contributed by atoms with van der Waals surface area (Å²) in [6, 6.07) is 22.0. The zero-order valence-electron chi connectivity index (χ0n) is 32.8. The Labute approximate surface area is 364 Å². The molecule has 2 unspecified atom stereocenters. The van der Waals surface area contributed by atoms with Gasteiger partial charge in [-0.25, -0.2) is 39.5 Å². The van der Waals surface area contributed by atoms with Gasteiger partial charge in [0.2, 0.25) is 0 Å². The fourth-order valence-corrected chi connectivity index (χ4v) is 8.86. The van der Waals surface area contributed by atoms with E-state index in [9.17, 15) is 9.59 Å². The van der Waals surface area contributed by atoms with Gasteiger partial charge in [-0.1, -0.05) is 48.0 Å². The lowest BCUT2D eigenvalue weighted by atomic mass is 9.95. The summed E-state index contributed by atoms with van der Waals surface area (Å²) in [5, 5.41) is 22.3. The molecule has 7 N–H and O–H groups in total. The molecular weight excluding hydrogens is 832 g/mol. The summed E-state index contributed by atoms with van der Waals surface area (Å²) in [5.41, 5.74) is 5.23. The molecule has 8 heterocycles. The Hall–Kier alpha value is -6.47. The van der Waals surface area contributed by atoms with Gasteiger partial charge in [0.05, 0.1) is 22.2 Å². The molecule has 61 heavy (non-hydrogen) atoms. The Morgan fingerprint density at radius 1 is 0.672 bits per heavy atom. The monoisotopic (exact) mass is 874 g/mol. The van der Waals surface area contributed by atoms with Crippen molar-refractivity contribution in [1.29, 1.82) is 0 Å². The number of aromatic nitrogens is 8. The first-order valence-electron chi connectivity index (χ1n) is 19.8. The zero-order chi connectivity index (χ0) is 41.8. The van der Waals surface area contributed by atoms with Gasteiger partial charge in [0, 0.05) is 66.0 Å². The summed E-state index contributed by atoms with van der Waals surface area (Å²) in [6.07, 6.45) is 11.2. The number of anilines is 5. The molecule has 312 valence electrons. The first-order chi connectivity index (χ1) is 29.9. The van der Waals surface area contributed by atoms with Crippen LogP contribution in [0, 0.1) is 0 Å². The summed E-state index contributed by atoms with van der Waals surface area (Å²) in [7, 11) is 0. The van der Waals surface area contributed by atoms with Gasteiger partial charge in [-0.15, -0.1) is 22.7 Å². The maximum atomic E-state index is 12.2. The highest BCUT2D eigenvalue weighted by Gasteiger charge is 2.26. The Morgan fingerprint density at radius 3 is 1.85 bits per heavy atom. The van der Waals surface area contributed by atoms with Crippen LogP contribution in [0.15, 0.2) is 109 Å². The maximum absolute atomic E-state index is 12.2. The van der Waals surface area contributed by atoms with E-state index in [1.807, 2.05) is 89.8 Å². The second-order valence-electron chi connectivity index (χ2n) is 14.2. The number of thiazole rings is 2. The highest BCUT2D eigenvalue weighted by Crippen LogP contribution is 2.33. The number of halogens is 1. The van der Waals surface area contributed by atoms with Crippen LogP contribution in [0.1, 0.15) is 48.9 Å². The predicted octanol–water partition coefficient (Wildman–Crippen LogP) is 9.31. The number of nitrogens with zero attached hydrogens (tertiary/aromatic N) is 7. The minimum Gasteiger partial charge on any atom is -0.355 e. The standard InChI is InChI=1S/C21H21N7OS.C15H18N4OS.C6H4ClN3/c29-20(25-15-6-2-1-3-7-15)27-21-26-17(12-30-21)14-5-4-10-28(11-14)19-16-8-9-22-18(16)23-13-24-19;20-14(17-12-6-2-1-3-7-12)19-15-18-13(10-21-15)11-5-4-8-16-9-11;7-5-4-1-2-8-6(4)10-3-9-5/h1-3,6-9,12-14H,4-5,10-11H2,(H,22,23,24)(H2,25,26,27,29);1-3,6-7,10-11,16H,4-5,8-9H2,(H2,17,18,19,20);1-3H,(H,8,9,10). The number of aromatic amines is 2. The molecule has 2 atom stereocenters. The predicted molar refractivity (Wildman–Crippen MR) is 244 cm³/mol. The minimum absolute atomic E-state index is 0.260. The summed E-state index contributed by atoms with van der Waals surface area (Å²) in [4.78, 5) is 58.3. The molecule has 2 fully saturated rings. The van der Waals surface area contributed by atoms with E-state index in [1.54, 1.807) is 12.5 Å². The smallest absolute Gasteiger partial charge is 0.325 e. The SMILES string of the molecule is Clc1ncnc2[nH]ccc12.O=C(Nc1ccccc1)Nc1nc(C2CCCN(c3ncnc4[nH]ccc34)C2)cs1.O=C(Nc1ccccc1)Nc1nc(C2CCCNC2)cs1. The third-order valence-electron chi connectivity index (χ3n) is 10.0. The molecule has 4 amide bonds. The number of hydrogen-bond donors (Lipinski definition) is 7. The molecule has 2 aliphatic rings. The number of urea groups is 2. The fraction of sp³-hybridized carbons (Fsp3) is 0.238. The Kier molecular flexibility index (Phi) is 13.7. The number of nitrogens with one attached hydrogen (secondary N) is 7. The Balaban J connectivity index is 0.000000143. The van der Waals surface area contributed by atoms with E-state index in [0.29, 0.717) is 27.3 Å². The normalized spacial score (nSPS) is 16.1. The second kappa shape index (κ2) is 20.2. The molecule has 0 radical (unpaired) electrons. The van der Waals surface area contributed by atoms with Crippen LogP contribution in [0.2, 0.25) is 5.15 Å². The van der Waals surface area contributed by atoms with E-state index in [0.717, 1.165) is 96.1 Å². The highest BCUT2D eigenvalue weighted by atomic mass is 35.5. The molecule has 16 nitrogen and oxygen atoms in total. The molecule has 8 aromatic rings. The molecule has 0 bridgehead atoms. The minimum atomic E-state index is -0.289. The van der Waals surface area contributed by atoms with Crippen LogP contribution in [-0.4, -0.2) is 78.1 Å². The lowest BCUT2D eigenvalue weighted by Crippen LogP contribution is -2.35. The molecule has 10 rings (SSSR count). The van der Waals surface area contributed by atoms with E-state index >= 15 is 0 Å². The van der Waals surface area contributed by atoms with Crippen LogP contribution in [0.3, 0.4) is 0 Å². The quantitative estimate of drug-likeness (QED) is 0.0756. The summed E-state index contributed by atoms with van der Waals surface area (Å²) in [6.45, 7) is 3.86. The third-order valence-corrected chi connectivity index (χ3v) is 11.9. The second-order valence-corrected chi connectivity index (χ2v) is 16.3. The van der Waals surface area contributed by atoms with Crippen molar-refractivity contribution < 1.29 is 9.59 Å². The fourth-order valence-electron chi connectivity index (χ4n) is 7.09. The van der Waals surface area contributed by atoms with E-state index in [1.165, 1.54) is 35.4 Å². The van der Waals surface area contributed by atoms with Gasteiger partial charge in [0.25, 0.3) is 0 Å². The van der Waals surface area contributed by atoms with E-state index < -0.39 is 0 Å². The number of amides is 4. The molecule has 2 aromatic carbocycles. The van der Waals surface area contributed by atoms with E-state index in [-0.39, 0.29) is 12.1 Å². The van der Waals surface area contributed by atoms with Crippen molar-refractivity contribution in [1.82, 2.24) is 45.2 Å². The van der Waals surface area contributed by atoms with Gasteiger partial charge in [0.15, 0.2) is 10.3 Å². The van der Waals surface area contributed by atoms with Gasteiger partial charge >= 0.3 is 12.1 Å². The van der Waals surface area contributed by atoms with Crippen molar-refractivity contribution in [3.05, 3.63) is 125 Å². The van der Waals surface area contributed by atoms with Crippen LogP contribution in [0.4, 0.5) is 37.0 Å². The number of hydrogen-bond acceptors (Lipinski definition) is 12. The highest BCUT2D eigenvalue weighted by molar-refractivity contribution is 7.14. The average Bonchev–Trinajstić information content (AvgIpc) is 4.14. The third kappa shape index (κ3) is 11.0. The number of H-pyrrole nitrogens is 2. The van der Waals surface area contributed by atoms with Gasteiger partial charge in [0.1, 0.15) is 34.9 Å². The van der Waals surface area contributed by atoms with Crippen LogP contribution in [-0.2, 0) is 0 Å². The van der Waals surface area contributed by atoms with Crippen LogP contribution < -0.4 is 31.5 Å². The van der Waals surface area contributed by atoms with E-state index in [2.05, 4.69) is 71.4 Å². The zero-order valence-corrected chi connectivity index (χ0v) is 35.2. The van der Waals surface area contributed by atoms with Crippen molar-refractivity contribution >= 4 is 95.9 Å². The maximum Gasteiger partial charge on any atom is 0.325 e. The van der Waals surface area contributed by atoms with Crippen molar-refractivity contribution in [2.75, 3.05) is 52.3 Å². The summed E-state index contributed by atoms with van der Waals surface area (Å²) >= 11 is 8.65. The first kappa shape index (κ1) is 41.3. The molecule has 2 saturated heterocycles. The number of rotatable bonds is 7. The van der Waals surface area contributed by atoms with Gasteiger partial charge < -0.3 is 30.8 Å². The number of para-hydroxylation sites is 2. The summed E-state index contributed by atoms with van der Waals surface area (Å²) < 4.78 is 0. The molecule has 19 heteroatoms. The summed E-state index contributed by atoms with van der Waals surface area (Å²) in [5.74, 6) is 1.72. The average molecular weight is 875 g/mol. The number of piperidine rings is 2. The molecule has 0 aliphatic carbocycles. The number of benzene rings is 2. The molecule has 2 aliphatic heterocycles. The van der Waals surface area contributed by atoms with Crippen LogP contribution in [0.25, 0.3) is 22.1 Å². The Bertz CT molecular complexity index is 2650.